The van der Waals surface area contributed by atoms with Crippen LogP contribution in [0.25, 0.3) is 0 Å². The summed E-state index contributed by atoms with van der Waals surface area (Å²) in [7, 11) is 3.80. The second-order valence-electron chi connectivity index (χ2n) is 7.67. The van der Waals surface area contributed by atoms with Crippen LogP contribution in [-0.2, 0) is 0 Å². The zero-order chi connectivity index (χ0) is 16.3. The van der Waals surface area contributed by atoms with Crippen molar-refractivity contribution in [3.05, 3.63) is 53.1 Å². The van der Waals surface area contributed by atoms with E-state index in [0.717, 1.165) is 12.8 Å². The monoisotopic (exact) mass is 310 g/mol. The first kappa shape index (κ1) is 17.2. The van der Waals surface area contributed by atoms with Crippen molar-refractivity contribution in [2.75, 3.05) is 0 Å². The Bertz CT molecular complexity index is 576. The van der Waals surface area contributed by atoms with Gasteiger partial charge in [-0.1, -0.05) is 55.5 Å². The van der Waals surface area contributed by atoms with Gasteiger partial charge in [-0.2, -0.15) is 0 Å². The Morgan fingerprint density at radius 2 is 1.86 bits per heavy atom. The second-order valence-corrected chi connectivity index (χ2v) is 8.21. The van der Waals surface area contributed by atoms with Crippen molar-refractivity contribution in [2.45, 2.75) is 59.0 Å². The number of hydrogen-bond donors (Lipinski definition) is 1. The molecule has 0 amide bonds. The van der Waals surface area contributed by atoms with Gasteiger partial charge in [0.05, 0.1) is 16.3 Å². The van der Waals surface area contributed by atoms with Crippen molar-refractivity contribution in [3.63, 3.8) is 0 Å². The Kier molecular flexibility index (Phi) is 5.46. The van der Waals surface area contributed by atoms with E-state index in [1.807, 2.05) is 0 Å². The summed E-state index contributed by atoms with van der Waals surface area (Å²) in [5.74, 6) is 0.682. The van der Waals surface area contributed by atoms with E-state index >= 15 is 0 Å². The molecule has 22 heavy (non-hydrogen) atoms. The van der Waals surface area contributed by atoms with E-state index in [9.17, 15) is 0 Å². The van der Waals surface area contributed by atoms with Gasteiger partial charge in [0.1, 0.15) is 0 Å². The van der Waals surface area contributed by atoms with Crippen molar-refractivity contribution in [3.8, 4) is 0 Å². The van der Waals surface area contributed by atoms with Crippen molar-refractivity contribution >= 4 is 15.4 Å². The predicted octanol–water partition coefficient (Wildman–Crippen LogP) is 4.21. The standard InChI is InChI=1S/C20H28NSi/c1-14(2)13-15-9-8-11-16(15)19(21-20(3,4)5)17-10-6-7-12-18(17)22/h6-10,12,14,19,21H,11,13H2,1-5H3. The van der Waals surface area contributed by atoms with Crippen LogP contribution in [-0.4, -0.2) is 15.8 Å². The summed E-state index contributed by atoms with van der Waals surface area (Å²) in [6, 6.07) is 8.83. The third-order valence-corrected chi connectivity index (χ3v) is 4.35. The molecule has 0 aromatic heterocycles. The summed E-state index contributed by atoms with van der Waals surface area (Å²) in [4.78, 5) is 0. The summed E-state index contributed by atoms with van der Waals surface area (Å²) < 4.78 is 0. The second kappa shape index (κ2) is 6.97. The molecule has 2 rings (SSSR count). The molecule has 2 heteroatoms. The van der Waals surface area contributed by atoms with Crippen LogP contribution in [0.15, 0.2) is 47.6 Å². The minimum atomic E-state index is 0.0672. The molecule has 0 saturated heterocycles. The third-order valence-electron chi connectivity index (χ3n) is 3.90. The third kappa shape index (κ3) is 4.44. The van der Waals surface area contributed by atoms with Crippen molar-refractivity contribution in [1.82, 2.24) is 5.32 Å². The lowest BCUT2D eigenvalue weighted by molar-refractivity contribution is 0.385. The Labute approximate surface area is 139 Å². The van der Waals surface area contributed by atoms with Gasteiger partial charge in [-0.15, -0.1) is 0 Å². The van der Waals surface area contributed by atoms with Crippen LogP contribution in [0.5, 0.6) is 0 Å². The van der Waals surface area contributed by atoms with Gasteiger partial charge in [0, 0.05) is 5.54 Å². The van der Waals surface area contributed by atoms with Crippen molar-refractivity contribution in [2.24, 2.45) is 5.92 Å². The SMILES string of the molecule is CC(C)CC1=C(C(NC(C)(C)C)c2ccccc2[Si])CC=C1. The van der Waals surface area contributed by atoms with Crippen LogP contribution in [0, 0.1) is 5.92 Å². The Morgan fingerprint density at radius 3 is 2.45 bits per heavy atom. The molecule has 0 saturated carbocycles. The lowest BCUT2D eigenvalue weighted by Crippen LogP contribution is -2.41. The van der Waals surface area contributed by atoms with Crippen LogP contribution in [0.3, 0.4) is 0 Å². The first-order chi connectivity index (χ1) is 10.3. The van der Waals surface area contributed by atoms with Crippen LogP contribution < -0.4 is 10.5 Å². The maximum Gasteiger partial charge on any atom is 0.0716 e. The molecule has 0 fully saturated rings. The summed E-state index contributed by atoms with van der Waals surface area (Å²) in [6.07, 6.45) is 6.83. The van der Waals surface area contributed by atoms with Gasteiger partial charge in [0.25, 0.3) is 0 Å². The van der Waals surface area contributed by atoms with Crippen LogP contribution >= 0.6 is 0 Å². The summed E-state index contributed by atoms with van der Waals surface area (Å²) in [5.41, 5.74) is 4.42. The zero-order valence-electron chi connectivity index (χ0n) is 14.5. The minimum absolute atomic E-state index is 0.0672. The molecule has 1 N–H and O–H groups in total. The largest absolute Gasteiger partial charge is 0.302 e. The molecule has 1 aliphatic rings. The highest BCUT2D eigenvalue weighted by Crippen LogP contribution is 2.35. The molecule has 117 valence electrons. The van der Waals surface area contributed by atoms with Crippen molar-refractivity contribution < 1.29 is 0 Å². The van der Waals surface area contributed by atoms with Gasteiger partial charge in [-0.25, -0.2) is 0 Å². The highest BCUT2D eigenvalue weighted by atomic mass is 28.1. The Hall–Kier alpha value is -1.12. The lowest BCUT2D eigenvalue weighted by Gasteiger charge is -2.32. The fourth-order valence-electron chi connectivity index (χ4n) is 3.04. The molecule has 1 aromatic rings. The van der Waals surface area contributed by atoms with Crippen LogP contribution in [0.4, 0.5) is 0 Å². The smallest absolute Gasteiger partial charge is 0.0716 e. The zero-order valence-corrected chi connectivity index (χ0v) is 15.5. The van der Waals surface area contributed by atoms with E-state index in [1.165, 1.54) is 21.9 Å². The van der Waals surface area contributed by atoms with Gasteiger partial charge >= 0.3 is 0 Å². The van der Waals surface area contributed by atoms with Gasteiger partial charge in [0.2, 0.25) is 0 Å². The molecule has 0 bridgehead atoms. The number of benzene rings is 1. The maximum atomic E-state index is 3.83. The van der Waals surface area contributed by atoms with Gasteiger partial charge in [-0.05, 0) is 56.2 Å². The molecule has 1 unspecified atom stereocenters. The van der Waals surface area contributed by atoms with Crippen molar-refractivity contribution in [1.29, 1.82) is 0 Å². The van der Waals surface area contributed by atoms with Gasteiger partial charge in [0.15, 0.2) is 0 Å². The first-order valence-corrected chi connectivity index (χ1v) is 8.74. The van der Waals surface area contributed by atoms with E-state index in [4.69, 9.17) is 0 Å². The summed E-state index contributed by atoms with van der Waals surface area (Å²) >= 11 is 0. The fourth-order valence-corrected chi connectivity index (χ4v) is 3.37. The molecule has 0 spiro atoms. The Morgan fingerprint density at radius 1 is 1.18 bits per heavy atom. The number of rotatable bonds is 5. The molecular weight excluding hydrogens is 282 g/mol. The van der Waals surface area contributed by atoms with Gasteiger partial charge in [-0.3, -0.25) is 0 Å². The molecule has 1 atom stereocenters. The van der Waals surface area contributed by atoms with E-state index in [2.05, 4.69) is 86.6 Å². The quantitative estimate of drug-likeness (QED) is 0.803. The highest BCUT2D eigenvalue weighted by molar-refractivity contribution is 6.33. The molecule has 3 radical (unpaired) electrons. The molecular formula is C20H28NSi. The molecule has 1 nitrogen and oxygen atoms in total. The number of hydrogen-bond acceptors (Lipinski definition) is 1. The van der Waals surface area contributed by atoms with E-state index in [-0.39, 0.29) is 11.6 Å². The van der Waals surface area contributed by atoms with Gasteiger partial charge < -0.3 is 5.32 Å². The van der Waals surface area contributed by atoms with E-state index < -0.39 is 0 Å². The summed E-state index contributed by atoms with van der Waals surface area (Å²) in [6.45, 7) is 11.3. The average molecular weight is 311 g/mol. The normalized spacial score (nSPS) is 16.7. The summed E-state index contributed by atoms with van der Waals surface area (Å²) in [5, 5.41) is 5.00. The molecule has 1 aliphatic carbocycles. The molecule has 1 aromatic carbocycles. The van der Waals surface area contributed by atoms with Crippen LogP contribution in [0.1, 0.15) is 59.1 Å². The lowest BCUT2D eigenvalue weighted by atomic mass is 9.90. The predicted molar refractivity (Wildman–Crippen MR) is 97.7 cm³/mol. The van der Waals surface area contributed by atoms with E-state index in [1.54, 1.807) is 0 Å². The highest BCUT2D eigenvalue weighted by Gasteiger charge is 2.26. The fraction of sp³-hybridized carbons (Fsp3) is 0.500. The average Bonchev–Trinajstić information content (AvgIpc) is 2.83. The number of nitrogens with one attached hydrogen (secondary N) is 1. The van der Waals surface area contributed by atoms with Crippen LogP contribution in [0.2, 0.25) is 0 Å². The topological polar surface area (TPSA) is 12.0 Å². The molecule has 0 heterocycles. The van der Waals surface area contributed by atoms with E-state index in [0.29, 0.717) is 5.92 Å². The minimum Gasteiger partial charge on any atom is -0.302 e. The maximum absolute atomic E-state index is 3.83. The number of allylic oxidation sites excluding steroid dienone is 3. The Balaban J connectivity index is 2.43. The molecule has 0 aliphatic heterocycles. The first-order valence-electron chi connectivity index (χ1n) is 8.24.